The molecule has 0 aromatic heterocycles. The molecule has 0 saturated heterocycles. The number of benzene rings is 1. The number of ether oxygens (including phenoxy) is 1. The van der Waals surface area contributed by atoms with Gasteiger partial charge in [-0.3, -0.25) is 4.79 Å². The molecule has 0 atom stereocenters. The number of carbonyl (C=O) groups is 1. The molecule has 0 bridgehead atoms. The number of azo groups is 1. The van der Waals surface area contributed by atoms with Crippen LogP contribution in [0.5, 0.6) is 5.75 Å². The van der Waals surface area contributed by atoms with Crippen LogP contribution in [-0.4, -0.2) is 12.5 Å². The number of amides is 1. The summed E-state index contributed by atoms with van der Waals surface area (Å²) in [5, 5.41) is 7.53. The quantitative estimate of drug-likeness (QED) is 0.644. The van der Waals surface area contributed by atoms with Crippen molar-refractivity contribution in [2.45, 2.75) is 6.42 Å². The lowest BCUT2D eigenvalue weighted by molar-refractivity contribution is -0.117. The van der Waals surface area contributed by atoms with E-state index in [0.717, 1.165) is 22.6 Å². The minimum Gasteiger partial charge on any atom is -0.488 e. The van der Waals surface area contributed by atoms with E-state index in [9.17, 15) is 4.79 Å². The highest BCUT2D eigenvalue weighted by Crippen LogP contribution is 2.36. The van der Waals surface area contributed by atoms with Crippen LogP contribution in [0, 0.1) is 0 Å². The fraction of sp³-hybridized carbons (Fsp3) is 0.182. The maximum Gasteiger partial charge on any atom is 0.268 e. The van der Waals surface area contributed by atoms with Crippen LogP contribution in [-0.2, 0) is 4.79 Å². The lowest BCUT2D eigenvalue weighted by atomic mass is 10.0. The van der Waals surface area contributed by atoms with E-state index in [2.05, 4.69) is 10.2 Å². The van der Waals surface area contributed by atoms with Crippen molar-refractivity contribution >= 4 is 11.6 Å². The van der Waals surface area contributed by atoms with Gasteiger partial charge in [-0.15, -0.1) is 10.2 Å². The molecule has 0 fully saturated rings. The van der Waals surface area contributed by atoms with Gasteiger partial charge in [0.15, 0.2) is 0 Å². The van der Waals surface area contributed by atoms with Crippen molar-refractivity contribution in [2.24, 2.45) is 10.2 Å². The van der Waals surface area contributed by atoms with E-state index in [1.165, 1.54) is 0 Å². The van der Waals surface area contributed by atoms with Gasteiger partial charge in [0.2, 0.25) is 0 Å². The summed E-state index contributed by atoms with van der Waals surface area (Å²) in [6.45, 7) is 0.442. The summed E-state index contributed by atoms with van der Waals surface area (Å²) < 4.78 is 5.53. The van der Waals surface area contributed by atoms with Crippen molar-refractivity contribution in [3.63, 3.8) is 0 Å². The van der Waals surface area contributed by atoms with Crippen LogP contribution in [0.15, 0.2) is 40.1 Å². The van der Waals surface area contributed by atoms with Gasteiger partial charge >= 0.3 is 0 Å². The molecule has 0 saturated carbocycles. The Morgan fingerprint density at radius 3 is 3.00 bits per heavy atom. The number of hydrogen-bond donors (Lipinski definition) is 0. The molecule has 2 aliphatic rings. The van der Waals surface area contributed by atoms with Gasteiger partial charge in [-0.1, -0.05) is 12.1 Å². The first kappa shape index (κ1) is 8.35. The van der Waals surface area contributed by atoms with Gasteiger partial charge in [0.25, 0.3) is 5.91 Å². The fourth-order valence-corrected chi connectivity index (χ4v) is 1.79. The molecule has 2 heterocycles. The van der Waals surface area contributed by atoms with E-state index in [-0.39, 0.29) is 5.91 Å². The third-order valence-corrected chi connectivity index (χ3v) is 2.51. The SMILES string of the molecule is O=C1CC2=C(N=N1)c1ccccc1OC2. The van der Waals surface area contributed by atoms with Gasteiger partial charge in [0.1, 0.15) is 12.4 Å². The minimum atomic E-state index is -0.197. The summed E-state index contributed by atoms with van der Waals surface area (Å²) in [5.41, 5.74) is 2.65. The van der Waals surface area contributed by atoms with E-state index in [4.69, 9.17) is 4.74 Å². The molecule has 0 spiro atoms. The van der Waals surface area contributed by atoms with Crippen LogP contribution in [0.1, 0.15) is 12.0 Å². The monoisotopic (exact) mass is 200 g/mol. The molecule has 2 aliphatic heterocycles. The number of para-hydroxylation sites is 1. The van der Waals surface area contributed by atoms with Crippen molar-refractivity contribution in [1.29, 1.82) is 0 Å². The van der Waals surface area contributed by atoms with E-state index in [0.29, 0.717) is 13.0 Å². The molecule has 15 heavy (non-hydrogen) atoms. The molecule has 1 aromatic carbocycles. The summed E-state index contributed by atoms with van der Waals surface area (Å²) in [7, 11) is 0. The lowest BCUT2D eigenvalue weighted by Crippen LogP contribution is -2.15. The second kappa shape index (κ2) is 3.02. The van der Waals surface area contributed by atoms with Crippen molar-refractivity contribution in [3.05, 3.63) is 35.4 Å². The topological polar surface area (TPSA) is 51.0 Å². The Bertz CT molecular complexity index is 503. The lowest BCUT2D eigenvalue weighted by Gasteiger charge is -2.21. The van der Waals surface area contributed by atoms with Gasteiger partial charge in [-0.2, -0.15) is 0 Å². The third-order valence-electron chi connectivity index (χ3n) is 2.51. The van der Waals surface area contributed by atoms with Crippen molar-refractivity contribution in [2.75, 3.05) is 6.61 Å². The Hall–Kier alpha value is -1.97. The maximum atomic E-state index is 11.1. The molecule has 4 nitrogen and oxygen atoms in total. The van der Waals surface area contributed by atoms with E-state index < -0.39 is 0 Å². The number of fused-ring (bicyclic) bond motifs is 2. The largest absolute Gasteiger partial charge is 0.488 e. The zero-order valence-corrected chi connectivity index (χ0v) is 7.93. The average molecular weight is 200 g/mol. The van der Waals surface area contributed by atoms with E-state index in [1.54, 1.807) is 0 Å². The first-order chi connectivity index (χ1) is 7.34. The molecule has 0 N–H and O–H groups in total. The molecular formula is C11H8N2O2. The smallest absolute Gasteiger partial charge is 0.268 e. The first-order valence-corrected chi connectivity index (χ1v) is 4.73. The molecule has 74 valence electrons. The number of rotatable bonds is 0. The van der Waals surface area contributed by atoms with Crippen LogP contribution in [0.4, 0.5) is 0 Å². The van der Waals surface area contributed by atoms with Crippen molar-refractivity contribution in [1.82, 2.24) is 0 Å². The van der Waals surface area contributed by atoms with Crippen molar-refractivity contribution < 1.29 is 9.53 Å². The van der Waals surface area contributed by atoms with Crippen LogP contribution in [0.3, 0.4) is 0 Å². The normalized spacial score (nSPS) is 18.3. The van der Waals surface area contributed by atoms with Crippen LogP contribution in [0.2, 0.25) is 0 Å². The number of nitrogens with zero attached hydrogens (tertiary/aromatic N) is 2. The molecule has 0 aliphatic carbocycles. The molecule has 1 aromatic rings. The van der Waals surface area contributed by atoms with Crippen LogP contribution in [0.25, 0.3) is 5.70 Å². The zero-order chi connectivity index (χ0) is 10.3. The Morgan fingerprint density at radius 1 is 1.20 bits per heavy atom. The average Bonchev–Trinajstić information content (AvgIpc) is 2.28. The highest BCUT2D eigenvalue weighted by molar-refractivity contribution is 5.87. The third kappa shape index (κ3) is 1.26. The minimum absolute atomic E-state index is 0.197. The van der Waals surface area contributed by atoms with Crippen LogP contribution >= 0.6 is 0 Å². The van der Waals surface area contributed by atoms with Gasteiger partial charge in [-0.05, 0) is 12.1 Å². The Balaban J connectivity index is 2.16. The number of hydrogen-bond acceptors (Lipinski definition) is 3. The molecule has 1 amide bonds. The molecule has 0 radical (unpaired) electrons. The Labute approximate surface area is 86.3 Å². The van der Waals surface area contributed by atoms with Gasteiger partial charge in [0.05, 0.1) is 12.1 Å². The first-order valence-electron chi connectivity index (χ1n) is 4.73. The summed E-state index contributed by atoms with van der Waals surface area (Å²) in [6.07, 6.45) is 0.327. The Kier molecular flexibility index (Phi) is 1.68. The summed E-state index contributed by atoms with van der Waals surface area (Å²) >= 11 is 0. The van der Waals surface area contributed by atoms with E-state index in [1.807, 2.05) is 24.3 Å². The highest BCUT2D eigenvalue weighted by Gasteiger charge is 2.24. The van der Waals surface area contributed by atoms with Crippen molar-refractivity contribution in [3.8, 4) is 5.75 Å². The fourth-order valence-electron chi connectivity index (χ4n) is 1.79. The predicted molar refractivity (Wildman–Crippen MR) is 53.3 cm³/mol. The summed E-state index contributed by atoms with van der Waals surface area (Å²) in [5.74, 6) is 0.612. The summed E-state index contributed by atoms with van der Waals surface area (Å²) in [4.78, 5) is 11.1. The van der Waals surface area contributed by atoms with Crippen LogP contribution < -0.4 is 4.74 Å². The highest BCUT2D eigenvalue weighted by atomic mass is 16.5. The Morgan fingerprint density at radius 2 is 2.07 bits per heavy atom. The van der Waals surface area contributed by atoms with Gasteiger partial charge in [0, 0.05) is 11.1 Å². The molecule has 0 unspecified atom stereocenters. The molecular weight excluding hydrogens is 192 g/mol. The second-order valence-corrected chi connectivity index (χ2v) is 3.51. The second-order valence-electron chi connectivity index (χ2n) is 3.51. The van der Waals surface area contributed by atoms with Gasteiger partial charge < -0.3 is 4.74 Å². The molecule has 4 heteroatoms. The molecule has 3 rings (SSSR count). The standard InChI is InChI=1S/C11H8N2O2/c14-10-5-7-6-15-9-4-2-1-3-8(9)11(7)13-12-10/h1-4H,5-6H2. The summed E-state index contributed by atoms with van der Waals surface area (Å²) in [6, 6.07) is 7.66. The van der Waals surface area contributed by atoms with E-state index >= 15 is 0 Å². The zero-order valence-electron chi connectivity index (χ0n) is 7.93. The number of carbonyl (C=O) groups excluding carboxylic acids is 1. The van der Waals surface area contributed by atoms with Gasteiger partial charge in [-0.25, -0.2) is 0 Å². The maximum absolute atomic E-state index is 11.1. The predicted octanol–water partition coefficient (Wildman–Crippen LogP) is 2.17.